The summed E-state index contributed by atoms with van der Waals surface area (Å²) >= 11 is 11.3. The number of sulfone groups is 1. The molecule has 1 aliphatic rings. The molecule has 1 aromatic carbocycles. The van der Waals surface area contributed by atoms with E-state index in [1.54, 1.807) is 12.1 Å². The highest BCUT2D eigenvalue weighted by Crippen LogP contribution is 2.25. The quantitative estimate of drug-likeness (QED) is 0.849. The fourth-order valence-corrected chi connectivity index (χ4v) is 2.69. The van der Waals surface area contributed by atoms with Gasteiger partial charge in [0.1, 0.15) is 18.8 Å². The van der Waals surface area contributed by atoms with Crippen LogP contribution in [0.2, 0.25) is 0 Å². The molecule has 0 saturated carbocycles. The Labute approximate surface area is 127 Å². The van der Waals surface area contributed by atoms with Gasteiger partial charge in [0, 0.05) is 6.26 Å². The molecule has 20 heavy (non-hydrogen) atoms. The highest BCUT2D eigenvalue weighted by Gasteiger charge is 2.29. The van der Waals surface area contributed by atoms with E-state index in [-0.39, 0.29) is 17.4 Å². The first kappa shape index (κ1) is 15.6. The monoisotopic (exact) mass is 337 g/mol. The van der Waals surface area contributed by atoms with Gasteiger partial charge in [0.25, 0.3) is 0 Å². The third kappa shape index (κ3) is 3.44. The van der Waals surface area contributed by atoms with Gasteiger partial charge in [0.15, 0.2) is 14.7 Å². The van der Waals surface area contributed by atoms with Crippen molar-refractivity contribution in [2.75, 3.05) is 12.9 Å². The molecule has 1 aliphatic heterocycles. The highest BCUT2D eigenvalue weighted by atomic mass is 35.5. The zero-order chi connectivity index (χ0) is 14.9. The summed E-state index contributed by atoms with van der Waals surface area (Å²) in [7, 11) is -3.25. The lowest BCUT2D eigenvalue weighted by molar-refractivity contribution is 0.129. The molecule has 0 radical (unpaired) electrons. The fraction of sp³-hybridized carbons (Fsp3) is 0.417. The summed E-state index contributed by atoms with van der Waals surface area (Å²) in [4.78, 5) is 3.43. The Morgan fingerprint density at radius 3 is 2.40 bits per heavy atom. The van der Waals surface area contributed by atoms with Gasteiger partial charge in [-0.3, -0.25) is 0 Å². The number of aliphatic hydroxyl groups is 1. The molecule has 2 atom stereocenters. The fourth-order valence-electron chi connectivity index (χ4n) is 1.82. The Morgan fingerprint density at radius 2 is 1.95 bits per heavy atom. The first-order valence-electron chi connectivity index (χ1n) is 5.76. The number of hydrogen-bond acceptors (Lipinski definition) is 5. The molecule has 0 amide bonds. The van der Waals surface area contributed by atoms with Crippen molar-refractivity contribution in [3.05, 3.63) is 29.8 Å². The van der Waals surface area contributed by atoms with Gasteiger partial charge < -0.3 is 9.84 Å². The van der Waals surface area contributed by atoms with Crippen molar-refractivity contribution >= 4 is 38.9 Å². The maximum Gasteiger partial charge on any atom is 0.218 e. The summed E-state index contributed by atoms with van der Waals surface area (Å²) in [5.41, 5.74) is 0.552. The van der Waals surface area contributed by atoms with Crippen molar-refractivity contribution in [1.29, 1.82) is 0 Å². The number of aliphatic hydroxyl groups excluding tert-OH is 1. The van der Waals surface area contributed by atoms with E-state index in [2.05, 4.69) is 4.99 Å². The van der Waals surface area contributed by atoms with E-state index >= 15 is 0 Å². The lowest BCUT2D eigenvalue weighted by Crippen LogP contribution is -2.17. The predicted octanol–water partition coefficient (Wildman–Crippen LogP) is 1.72. The van der Waals surface area contributed by atoms with Gasteiger partial charge in [-0.25, -0.2) is 13.4 Å². The number of ether oxygens (including phenoxy) is 1. The maximum atomic E-state index is 11.4. The molecule has 0 unspecified atom stereocenters. The SMILES string of the molecule is CS(=O)(=O)c1ccc([C@@H](O)[C@H]2COC(C(Cl)Cl)=N2)cc1. The minimum Gasteiger partial charge on any atom is -0.477 e. The van der Waals surface area contributed by atoms with Crippen molar-refractivity contribution < 1.29 is 18.3 Å². The van der Waals surface area contributed by atoms with E-state index < -0.39 is 26.8 Å². The molecule has 1 N–H and O–H groups in total. The van der Waals surface area contributed by atoms with E-state index in [9.17, 15) is 13.5 Å². The van der Waals surface area contributed by atoms with E-state index in [4.69, 9.17) is 27.9 Å². The molecule has 1 heterocycles. The molecule has 2 rings (SSSR count). The lowest BCUT2D eigenvalue weighted by atomic mass is 10.0. The number of rotatable bonds is 4. The third-order valence-corrected chi connectivity index (χ3v) is 4.40. The number of halogens is 2. The minimum atomic E-state index is -3.25. The second-order valence-corrected chi connectivity index (χ2v) is 7.54. The van der Waals surface area contributed by atoms with Gasteiger partial charge in [-0.05, 0) is 17.7 Å². The van der Waals surface area contributed by atoms with Crippen molar-refractivity contribution in [3.63, 3.8) is 0 Å². The Hall–Kier alpha value is -0.820. The second kappa shape index (κ2) is 5.89. The van der Waals surface area contributed by atoms with Crippen LogP contribution in [-0.4, -0.2) is 43.2 Å². The Balaban J connectivity index is 2.17. The van der Waals surface area contributed by atoms with Crippen molar-refractivity contribution in [2.45, 2.75) is 21.9 Å². The first-order chi connectivity index (χ1) is 9.29. The number of benzene rings is 1. The number of alkyl halides is 2. The Morgan fingerprint density at radius 1 is 1.35 bits per heavy atom. The van der Waals surface area contributed by atoms with Gasteiger partial charge in [-0.15, -0.1) is 0 Å². The Bertz CT molecular complexity index is 613. The minimum absolute atomic E-state index is 0.181. The molecule has 0 aliphatic carbocycles. The lowest BCUT2D eigenvalue weighted by Gasteiger charge is -2.14. The van der Waals surface area contributed by atoms with Crippen molar-refractivity contribution in [3.8, 4) is 0 Å². The van der Waals surface area contributed by atoms with Gasteiger partial charge in [0.05, 0.1) is 4.90 Å². The van der Waals surface area contributed by atoms with Crippen LogP contribution >= 0.6 is 23.2 Å². The topological polar surface area (TPSA) is 76.0 Å². The van der Waals surface area contributed by atoms with Crippen LogP contribution in [-0.2, 0) is 14.6 Å². The van der Waals surface area contributed by atoms with E-state index in [1.807, 2.05) is 0 Å². The van der Waals surface area contributed by atoms with Crippen LogP contribution in [0.4, 0.5) is 0 Å². The van der Waals surface area contributed by atoms with Gasteiger partial charge >= 0.3 is 0 Å². The van der Waals surface area contributed by atoms with Crippen LogP contribution in [0.1, 0.15) is 11.7 Å². The molecule has 0 spiro atoms. The predicted molar refractivity (Wildman–Crippen MR) is 77.2 cm³/mol. The van der Waals surface area contributed by atoms with Crippen LogP contribution in [0, 0.1) is 0 Å². The molecule has 0 fully saturated rings. The summed E-state index contributed by atoms with van der Waals surface area (Å²) in [5, 5.41) is 10.2. The summed E-state index contributed by atoms with van der Waals surface area (Å²) < 4.78 is 27.9. The van der Waals surface area contributed by atoms with E-state index in [0.717, 1.165) is 6.26 Å². The van der Waals surface area contributed by atoms with Gasteiger partial charge in [-0.2, -0.15) is 0 Å². The van der Waals surface area contributed by atoms with Gasteiger partial charge in [0.2, 0.25) is 5.90 Å². The highest BCUT2D eigenvalue weighted by molar-refractivity contribution is 7.90. The third-order valence-electron chi connectivity index (χ3n) is 2.90. The van der Waals surface area contributed by atoms with E-state index in [1.165, 1.54) is 12.1 Å². The summed E-state index contributed by atoms with van der Waals surface area (Å²) in [6, 6.07) is 5.48. The molecule has 0 aromatic heterocycles. The summed E-state index contributed by atoms with van der Waals surface area (Å²) in [5.74, 6) is 0.185. The smallest absolute Gasteiger partial charge is 0.218 e. The van der Waals surface area contributed by atoms with Crippen molar-refractivity contribution in [2.24, 2.45) is 4.99 Å². The normalized spacial score (nSPS) is 20.6. The number of aliphatic imine (C=N–C) groups is 1. The molecular weight excluding hydrogens is 325 g/mol. The summed E-state index contributed by atoms with van der Waals surface area (Å²) in [6.07, 6.45) is 0.217. The maximum absolute atomic E-state index is 11.4. The van der Waals surface area contributed by atoms with Crippen LogP contribution < -0.4 is 0 Å². The zero-order valence-electron chi connectivity index (χ0n) is 10.5. The average Bonchev–Trinajstić information content (AvgIpc) is 2.86. The molecule has 5 nitrogen and oxygen atoms in total. The van der Waals surface area contributed by atoms with Crippen LogP contribution in [0.15, 0.2) is 34.2 Å². The van der Waals surface area contributed by atoms with Crippen LogP contribution in [0.25, 0.3) is 0 Å². The average molecular weight is 338 g/mol. The van der Waals surface area contributed by atoms with Gasteiger partial charge in [-0.1, -0.05) is 35.3 Å². The van der Waals surface area contributed by atoms with Crippen LogP contribution in [0.5, 0.6) is 0 Å². The standard InChI is InChI=1S/C12H13Cl2NO4S/c1-20(17,18)8-4-2-7(3-5-8)10(16)9-6-19-12(15-9)11(13)14/h2-5,9-11,16H,6H2,1H3/t9-,10-/m1/s1. The zero-order valence-corrected chi connectivity index (χ0v) is 12.9. The molecular formula is C12H13Cl2NO4S. The molecule has 110 valence electrons. The van der Waals surface area contributed by atoms with E-state index in [0.29, 0.717) is 5.56 Å². The molecule has 0 bridgehead atoms. The summed E-state index contributed by atoms with van der Waals surface area (Å²) in [6.45, 7) is 0.181. The number of hydrogen-bond donors (Lipinski definition) is 1. The first-order valence-corrected chi connectivity index (χ1v) is 8.52. The Kier molecular flexibility index (Phi) is 4.59. The molecule has 8 heteroatoms. The van der Waals surface area contributed by atoms with Crippen molar-refractivity contribution in [1.82, 2.24) is 0 Å². The number of nitrogens with zero attached hydrogens (tertiary/aromatic N) is 1. The largest absolute Gasteiger partial charge is 0.477 e. The molecule has 0 saturated heterocycles. The second-order valence-electron chi connectivity index (χ2n) is 4.43. The molecule has 1 aromatic rings. The van der Waals surface area contributed by atoms with Crippen LogP contribution in [0.3, 0.4) is 0 Å².